The van der Waals surface area contributed by atoms with Crippen LogP contribution in [0.5, 0.6) is 5.75 Å². The van der Waals surface area contributed by atoms with Crippen LogP contribution >= 0.6 is 0 Å². The number of hydrogen-bond donors (Lipinski definition) is 1. The summed E-state index contributed by atoms with van der Waals surface area (Å²) < 4.78 is 31.8. The third kappa shape index (κ3) is 2.27. The van der Waals surface area contributed by atoms with Crippen molar-refractivity contribution in [2.45, 2.75) is 12.0 Å². The summed E-state index contributed by atoms with van der Waals surface area (Å²) >= 11 is 0. The molecule has 0 radical (unpaired) electrons. The second-order valence-electron chi connectivity index (χ2n) is 3.22. The fraction of sp³-hybridized carbons (Fsp3) is 0.300. The fourth-order valence-corrected chi connectivity index (χ4v) is 1.16. The fourth-order valence-electron chi connectivity index (χ4n) is 1.16. The Balaban J connectivity index is 3.02. The van der Waals surface area contributed by atoms with Gasteiger partial charge >= 0.3 is 5.92 Å². The first-order chi connectivity index (χ1) is 7.39. The topological polar surface area (TPSA) is 77.0 Å². The van der Waals surface area contributed by atoms with Crippen LogP contribution in [0, 0.1) is 0 Å². The molecule has 0 saturated carbocycles. The van der Waals surface area contributed by atoms with Crippen LogP contribution in [0.1, 0.15) is 5.56 Å². The van der Waals surface area contributed by atoms with Crippen LogP contribution in [0.25, 0.3) is 0 Å². The van der Waals surface area contributed by atoms with Gasteiger partial charge in [0.2, 0.25) is 0 Å². The number of quaternary nitrogens is 1. The van der Waals surface area contributed by atoms with Gasteiger partial charge in [-0.2, -0.15) is 8.78 Å². The van der Waals surface area contributed by atoms with Gasteiger partial charge < -0.3 is 20.4 Å². The molecule has 0 saturated heterocycles. The summed E-state index contributed by atoms with van der Waals surface area (Å²) in [5.41, 5.74) is 2.45. The number of carbonyl (C=O) groups is 1. The van der Waals surface area contributed by atoms with E-state index >= 15 is 0 Å². The molecular formula is C10H11F2NO3. The lowest BCUT2D eigenvalue weighted by molar-refractivity contribution is -0.474. The predicted octanol–water partition coefficient (Wildman–Crippen LogP) is -0.853. The van der Waals surface area contributed by atoms with Crippen molar-refractivity contribution in [2.24, 2.45) is 0 Å². The van der Waals surface area contributed by atoms with Crippen LogP contribution in [0.2, 0.25) is 0 Å². The Labute approximate surface area is 90.6 Å². The van der Waals surface area contributed by atoms with E-state index in [0.29, 0.717) is 5.75 Å². The van der Waals surface area contributed by atoms with Gasteiger partial charge in [0.05, 0.1) is 7.11 Å². The minimum Gasteiger partial charge on any atom is -0.544 e. The molecule has 0 aliphatic carbocycles. The number of halogens is 2. The van der Waals surface area contributed by atoms with Gasteiger partial charge in [-0.1, -0.05) is 0 Å². The number of carboxylic acid groups (broad SMARTS) is 1. The summed E-state index contributed by atoms with van der Waals surface area (Å²) in [6.07, 6.45) is 0. The number of methoxy groups -OCH3 is 1. The van der Waals surface area contributed by atoms with Crippen molar-refractivity contribution >= 4 is 5.97 Å². The van der Waals surface area contributed by atoms with Crippen molar-refractivity contribution in [3.05, 3.63) is 29.8 Å². The normalized spacial score (nSPS) is 13.2. The second-order valence-corrected chi connectivity index (χ2v) is 3.22. The Morgan fingerprint density at radius 1 is 1.44 bits per heavy atom. The Morgan fingerprint density at radius 3 is 2.31 bits per heavy atom. The van der Waals surface area contributed by atoms with Gasteiger partial charge in [0.25, 0.3) is 0 Å². The number of hydrogen-bond acceptors (Lipinski definition) is 3. The summed E-state index contributed by atoms with van der Waals surface area (Å²) in [4.78, 5) is 10.4. The Morgan fingerprint density at radius 2 is 1.94 bits per heavy atom. The zero-order chi connectivity index (χ0) is 12.3. The molecule has 6 heteroatoms. The van der Waals surface area contributed by atoms with E-state index in [1.54, 1.807) is 0 Å². The van der Waals surface area contributed by atoms with Crippen LogP contribution in [0.4, 0.5) is 8.78 Å². The summed E-state index contributed by atoms with van der Waals surface area (Å²) in [6.45, 7) is 0. The summed E-state index contributed by atoms with van der Waals surface area (Å²) in [5.74, 6) is -5.04. The van der Waals surface area contributed by atoms with E-state index in [0.717, 1.165) is 12.1 Å². The highest BCUT2D eigenvalue weighted by Gasteiger charge is 2.43. The smallest absolute Gasteiger partial charge is 0.328 e. The first-order valence-corrected chi connectivity index (χ1v) is 4.46. The van der Waals surface area contributed by atoms with E-state index in [1.807, 2.05) is 0 Å². The molecule has 0 heterocycles. The molecule has 4 nitrogen and oxygen atoms in total. The van der Waals surface area contributed by atoms with Gasteiger partial charge in [0, 0.05) is 5.56 Å². The number of alkyl halides is 2. The lowest BCUT2D eigenvalue weighted by atomic mass is 10.0. The number of carboxylic acids is 1. The molecule has 0 aliphatic heterocycles. The van der Waals surface area contributed by atoms with E-state index in [9.17, 15) is 18.7 Å². The third-order valence-electron chi connectivity index (χ3n) is 2.20. The lowest BCUT2D eigenvalue weighted by Gasteiger charge is -2.21. The van der Waals surface area contributed by atoms with Crippen molar-refractivity contribution in [3.8, 4) is 5.75 Å². The van der Waals surface area contributed by atoms with E-state index in [4.69, 9.17) is 4.74 Å². The van der Waals surface area contributed by atoms with Gasteiger partial charge in [-0.25, -0.2) is 0 Å². The molecule has 0 spiro atoms. The molecule has 16 heavy (non-hydrogen) atoms. The average molecular weight is 231 g/mol. The van der Waals surface area contributed by atoms with Crippen LogP contribution in [0.3, 0.4) is 0 Å². The number of ether oxygens (including phenoxy) is 1. The maximum Gasteiger partial charge on any atom is 0.328 e. The van der Waals surface area contributed by atoms with Crippen molar-refractivity contribution in [1.82, 2.24) is 0 Å². The molecule has 0 bridgehead atoms. The molecule has 1 aromatic rings. The quantitative estimate of drug-likeness (QED) is 0.733. The van der Waals surface area contributed by atoms with Crippen LogP contribution in [0.15, 0.2) is 24.3 Å². The third-order valence-corrected chi connectivity index (χ3v) is 2.20. The highest BCUT2D eigenvalue weighted by molar-refractivity contribution is 5.71. The Kier molecular flexibility index (Phi) is 3.44. The molecule has 1 rings (SSSR count). The molecule has 1 atom stereocenters. The summed E-state index contributed by atoms with van der Waals surface area (Å²) in [7, 11) is 1.40. The van der Waals surface area contributed by atoms with Gasteiger partial charge in [-0.05, 0) is 24.3 Å². The Bertz CT molecular complexity index is 378. The number of aliphatic carboxylic acids is 1. The minimum atomic E-state index is -3.56. The second kappa shape index (κ2) is 4.44. The van der Waals surface area contributed by atoms with Crippen molar-refractivity contribution in [1.29, 1.82) is 0 Å². The van der Waals surface area contributed by atoms with Gasteiger partial charge in [-0.3, -0.25) is 0 Å². The number of rotatable bonds is 4. The standard InChI is InChI=1S/C10H11F2NO3/c1-16-7-4-2-6(3-5-7)10(11,12)8(13)9(14)15/h2-5,8H,13H2,1H3,(H,14,15)/t8-/m1/s1. The maximum absolute atomic E-state index is 13.5. The molecule has 0 aliphatic rings. The molecule has 0 amide bonds. The van der Waals surface area contributed by atoms with Crippen LogP contribution in [-0.4, -0.2) is 19.1 Å². The monoisotopic (exact) mass is 231 g/mol. The SMILES string of the molecule is COc1ccc(C(F)(F)[C@H]([NH3+])C(=O)[O-])cc1. The van der Waals surface area contributed by atoms with E-state index in [-0.39, 0.29) is 0 Å². The molecule has 0 aromatic heterocycles. The molecule has 1 aromatic carbocycles. The summed E-state index contributed by atoms with van der Waals surface area (Å²) in [6, 6.07) is 2.72. The molecule has 0 fully saturated rings. The van der Waals surface area contributed by atoms with Crippen molar-refractivity contribution in [2.75, 3.05) is 7.11 Å². The predicted molar refractivity (Wildman–Crippen MR) is 48.6 cm³/mol. The number of benzene rings is 1. The van der Waals surface area contributed by atoms with Crippen LogP contribution in [-0.2, 0) is 10.7 Å². The first-order valence-electron chi connectivity index (χ1n) is 4.46. The van der Waals surface area contributed by atoms with E-state index in [2.05, 4.69) is 5.73 Å². The zero-order valence-electron chi connectivity index (χ0n) is 8.57. The average Bonchev–Trinajstić information content (AvgIpc) is 2.28. The largest absolute Gasteiger partial charge is 0.544 e. The van der Waals surface area contributed by atoms with E-state index in [1.165, 1.54) is 19.2 Å². The first kappa shape index (κ1) is 12.4. The van der Waals surface area contributed by atoms with Crippen molar-refractivity contribution < 1.29 is 29.2 Å². The highest BCUT2D eigenvalue weighted by atomic mass is 19.3. The number of carbonyl (C=O) groups excluding carboxylic acids is 1. The minimum absolute atomic E-state index is 0.411. The lowest BCUT2D eigenvalue weighted by Crippen LogP contribution is -2.74. The highest BCUT2D eigenvalue weighted by Crippen LogP contribution is 2.30. The molecule has 3 N–H and O–H groups in total. The van der Waals surface area contributed by atoms with Crippen molar-refractivity contribution in [3.63, 3.8) is 0 Å². The Hall–Kier alpha value is -1.69. The molecule has 88 valence electrons. The molecular weight excluding hydrogens is 220 g/mol. The van der Waals surface area contributed by atoms with Gasteiger partial charge in [0.15, 0.2) is 6.04 Å². The molecule has 0 unspecified atom stereocenters. The summed E-state index contributed by atoms with van der Waals surface area (Å²) in [5, 5.41) is 10.4. The van der Waals surface area contributed by atoms with Crippen LogP contribution < -0.4 is 15.6 Å². The van der Waals surface area contributed by atoms with E-state index < -0.39 is 23.5 Å². The van der Waals surface area contributed by atoms with Gasteiger partial charge in [0.1, 0.15) is 11.7 Å². The van der Waals surface area contributed by atoms with Gasteiger partial charge in [-0.15, -0.1) is 0 Å². The zero-order valence-corrected chi connectivity index (χ0v) is 8.57. The maximum atomic E-state index is 13.5.